The van der Waals surface area contributed by atoms with Gasteiger partial charge in [-0.3, -0.25) is 14.8 Å². The van der Waals surface area contributed by atoms with Crippen molar-refractivity contribution in [2.45, 2.75) is 13.2 Å². The number of hydrogen-bond acceptors (Lipinski definition) is 7. The summed E-state index contributed by atoms with van der Waals surface area (Å²) in [6.45, 7) is 0.559. The van der Waals surface area contributed by atoms with E-state index in [0.717, 1.165) is 11.1 Å². The zero-order valence-corrected chi connectivity index (χ0v) is 17.0. The Balaban J connectivity index is 1.44. The van der Waals surface area contributed by atoms with Crippen LogP contribution in [0.25, 0.3) is 0 Å². The van der Waals surface area contributed by atoms with Gasteiger partial charge in [-0.1, -0.05) is 12.1 Å². The Bertz CT molecular complexity index is 1120. The number of rotatable bonds is 8. The normalized spacial score (nSPS) is 10.5. The van der Waals surface area contributed by atoms with Gasteiger partial charge in [0.25, 0.3) is 0 Å². The predicted octanol–water partition coefficient (Wildman–Crippen LogP) is 4.28. The van der Waals surface area contributed by atoms with E-state index in [1.807, 2.05) is 12.1 Å². The van der Waals surface area contributed by atoms with E-state index >= 15 is 0 Å². The molecule has 2 N–H and O–H groups in total. The van der Waals surface area contributed by atoms with E-state index in [9.17, 15) is 15.0 Å². The maximum atomic E-state index is 12.9. The third-order valence-corrected chi connectivity index (χ3v) is 4.68. The number of carbonyl (C=O) groups is 1. The molecule has 0 amide bonds. The molecule has 4 rings (SSSR count). The van der Waals surface area contributed by atoms with Crippen LogP contribution in [0.5, 0.6) is 23.0 Å². The molecule has 0 spiro atoms. The van der Waals surface area contributed by atoms with Crippen molar-refractivity contribution < 1.29 is 24.5 Å². The molecule has 2 heterocycles. The van der Waals surface area contributed by atoms with Gasteiger partial charge in [-0.05, 0) is 36.4 Å². The highest BCUT2D eigenvalue weighted by atomic mass is 16.5. The highest BCUT2D eigenvalue weighted by molar-refractivity contribution is 6.12. The summed E-state index contributed by atoms with van der Waals surface area (Å²) in [6, 6.07) is 16.2. The van der Waals surface area contributed by atoms with Crippen LogP contribution < -0.4 is 9.47 Å². The molecule has 0 saturated carbocycles. The van der Waals surface area contributed by atoms with E-state index in [1.165, 1.54) is 24.3 Å². The van der Waals surface area contributed by atoms with Crippen LogP contribution in [0.15, 0.2) is 85.5 Å². The number of hydrogen-bond donors (Lipinski definition) is 2. The number of aromatic hydroxyl groups is 2. The molecule has 7 nitrogen and oxygen atoms in total. The number of carbonyl (C=O) groups excluding carboxylic acids is 1. The van der Waals surface area contributed by atoms with Crippen molar-refractivity contribution in [2.75, 3.05) is 0 Å². The van der Waals surface area contributed by atoms with Crippen molar-refractivity contribution in [1.29, 1.82) is 0 Å². The first kappa shape index (κ1) is 20.9. The summed E-state index contributed by atoms with van der Waals surface area (Å²) in [4.78, 5) is 20.9. The molecule has 160 valence electrons. The van der Waals surface area contributed by atoms with Crippen LogP contribution in [0.1, 0.15) is 27.0 Å². The Hall–Kier alpha value is -4.39. The van der Waals surface area contributed by atoms with Gasteiger partial charge in [-0.15, -0.1) is 0 Å². The van der Waals surface area contributed by atoms with Gasteiger partial charge < -0.3 is 19.7 Å². The first-order valence-corrected chi connectivity index (χ1v) is 9.84. The summed E-state index contributed by atoms with van der Waals surface area (Å²) in [5, 5.41) is 20.7. The predicted molar refractivity (Wildman–Crippen MR) is 117 cm³/mol. The van der Waals surface area contributed by atoms with Crippen molar-refractivity contribution in [3.63, 3.8) is 0 Å². The van der Waals surface area contributed by atoms with Gasteiger partial charge in [0, 0.05) is 48.0 Å². The third kappa shape index (κ3) is 5.02. The van der Waals surface area contributed by atoms with Crippen molar-refractivity contribution in [1.82, 2.24) is 9.97 Å². The molecular weight excluding hydrogens is 408 g/mol. The van der Waals surface area contributed by atoms with Crippen molar-refractivity contribution >= 4 is 5.78 Å². The molecule has 0 aliphatic carbocycles. The average molecular weight is 428 g/mol. The smallest absolute Gasteiger partial charge is 0.200 e. The number of benzene rings is 2. The zero-order valence-electron chi connectivity index (χ0n) is 17.0. The molecule has 0 radical (unpaired) electrons. The summed E-state index contributed by atoms with van der Waals surface area (Å²) in [7, 11) is 0. The molecule has 0 unspecified atom stereocenters. The molecule has 4 aromatic rings. The maximum Gasteiger partial charge on any atom is 0.200 e. The largest absolute Gasteiger partial charge is 0.507 e. The number of pyridine rings is 2. The minimum Gasteiger partial charge on any atom is -0.507 e. The van der Waals surface area contributed by atoms with Gasteiger partial charge in [-0.25, -0.2) is 0 Å². The Labute approximate surface area is 184 Å². The molecule has 0 bridgehead atoms. The molecule has 0 saturated heterocycles. The van der Waals surface area contributed by atoms with Gasteiger partial charge in [0.1, 0.15) is 36.2 Å². The second-order valence-electron chi connectivity index (χ2n) is 6.99. The van der Waals surface area contributed by atoms with Gasteiger partial charge >= 0.3 is 0 Å². The van der Waals surface area contributed by atoms with Gasteiger partial charge in [0.05, 0.1) is 11.1 Å². The quantitative estimate of drug-likeness (QED) is 0.404. The summed E-state index contributed by atoms with van der Waals surface area (Å²) in [5.41, 5.74) is 1.86. The number of phenols is 2. The lowest BCUT2D eigenvalue weighted by Gasteiger charge is -2.11. The summed E-state index contributed by atoms with van der Waals surface area (Å²) in [5.74, 6) is -0.180. The molecule has 0 aliphatic rings. The van der Waals surface area contributed by atoms with Crippen LogP contribution >= 0.6 is 0 Å². The summed E-state index contributed by atoms with van der Waals surface area (Å²) < 4.78 is 11.3. The second-order valence-corrected chi connectivity index (χ2v) is 6.99. The van der Waals surface area contributed by atoms with Gasteiger partial charge in [0.15, 0.2) is 5.78 Å². The molecule has 0 fully saturated rings. The Kier molecular flexibility index (Phi) is 6.27. The Morgan fingerprint density at radius 3 is 1.56 bits per heavy atom. The van der Waals surface area contributed by atoms with Gasteiger partial charge in [-0.2, -0.15) is 0 Å². The van der Waals surface area contributed by atoms with E-state index in [2.05, 4.69) is 9.97 Å². The van der Waals surface area contributed by atoms with E-state index in [1.54, 1.807) is 49.1 Å². The number of aromatic nitrogens is 2. The van der Waals surface area contributed by atoms with Crippen LogP contribution in [0.2, 0.25) is 0 Å². The SMILES string of the molecule is O=C(c1ccc(OCc2cccnc2)cc1O)c1ccc(OCc2cccnc2)cc1O. The van der Waals surface area contributed by atoms with Crippen LogP contribution in [0, 0.1) is 0 Å². The fourth-order valence-corrected chi connectivity index (χ4v) is 3.03. The third-order valence-electron chi connectivity index (χ3n) is 4.68. The molecule has 0 atom stereocenters. The van der Waals surface area contributed by atoms with Crippen molar-refractivity contribution in [3.05, 3.63) is 108 Å². The molecule has 2 aromatic carbocycles. The van der Waals surface area contributed by atoms with Gasteiger partial charge in [0.2, 0.25) is 0 Å². The van der Waals surface area contributed by atoms with Crippen LogP contribution in [-0.4, -0.2) is 26.0 Å². The minimum absolute atomic E-state index is 0.0538. The topological polar surface area (TPSA) is 102 Å². The molecule has 7 heteroatoms. The Morgan fingerprint density at radius 2 is 1.19 bits per heavy atom. The van der Waals surface area contributed by atoms with E-state index in [0.29, 0.717) is 11.5 Å². The van der Waals surface area contributed by atoms with Crippen molar-refractivity contribution in [3.8, 4) is 23.0 Å². The fraction of sp³-hybridized carbons (Fsp3) is 0.0800. The molecule has 2 aromatic heterocycles. The molecular formula is C25H20N2O5. The Morgan fingerprint density at radius 1 is 0.719 bits per heavy atom. The van der Waals surface area contributed by atoms with Crippen LogP contribution in [0.3, 0.4) is 0 Å². The first-order valence-electron chi connectivity index (χ1n) is 9.84. The highest BCUT2D eigenvalue weighted by Crippen LogP contribution is 2.31. The highest BCUT2D eigenvalue weighted by Gasteiger charge is 2.18. The van der Waals surface area contributed by atoms with E-state index < -0.39 is 5.78 Å². The monoisotopic (exact) mass is 428 g/mol. The maximum absolute atomic E-state index is 12.9. The number of nitrogens with zero attached hydrogens (tertiary/aromatic N) is 2. The summed E-state index contributed by atoms with van der Waals surface area (Å²) in [6.07, 6.45) is 6.71. The lowest BCUT2D eigenvalue weighted by molar-refractivity contribution is 0.103. The fourth-order valence-electron chi connectivity index (χ4n) is 3.03. The molecule has 32 heavy (non-hydrogen) atoms. The van der Waals surface area contributed by atoms with E-state index in [4.69, 9.17) is 9.47 Å². The minimum atomic E-state index is -0.516. The molecule has 0 aliphatic heterocycles. The van der Waals surface area contributed by atoms with Crippen molar-refractivity contribution in [2.24, 2.45) is 0 Å². The number of phenolic OH excluding ortho intramolecular Hbond substituents is 2. The van der Waals surface area contributed by atoms with E-state index in [-0.39, 0.29) is 35.8 Å². The zero-order chi connectivity index (χ0) is 22.3. The lowest BCUT2D eigenvalue weighted by atomic mass is 10.0. The lowest BCUT2D eigenvalue weighted by Crippen LogP contribution is -2.03. The van der Waals surface area contributed by atoms with Crippen LogP contribution in [-0.2, 0) is 13.2 Å². The first-order chi connectivity index (χ1) is 15.6. The van der Waals surface area contributed by atoms with Crippen LogP contribution in [0.4, 0.5) is 0 Å². The summed E-state index contributed by atoms with van der Waals surface area (Å²) >= 11 is 0. The second kappa shape index (κ2) is 9.61. The average Bonchev–Trinajstić information content (AvgIpc) is 2.82. The standard InChI is InChI=1S/C25H20N2O5/c28-23-11-19(31-15-17-3-1-9-26-13-17)5-7-21(23)25(30)22-8-6-20(12-24(22)29)32-16-18-4-2-10-27-14-18/h1-14,28-29H,15-16H2. The number of ether oxygens (including phenoxy) is 2. The number of ketones is 1.